The van der Waals surface area contributed by atoms with Crippen LogP contribution in [0.4, 0.5) is 5.13 Å². The minimum absolute atomic E-state index is 0.132. The largest absolute Gasteiger partial charge is 0.347 e. The average molecular weight is 323 g/mol. The summed E-state index contributed by atoms with van der Waals surface area (Å²) >= 11 is 1.46. The first kappa shape index (κ1) is 14.2. The predicted octanol–water partition coefficient (Wildman–Crippen LogP) is 3.89. The van der Waals surface area contributed by atoms with Gasteiger partial charge in [0.25, 0.3) is 5.91 Å². The van der Waals surface area contributed by atoms with E-state index < -0.39 is 0 Å². The fourth-order valence-electron chi connectivity index (χ4n) is 3.05. The van der Waals surface area contributed by atoms with Crippen LogP contribution in [0.15, 0.2) is 41.9 Å². The van der Waals surface area contributed by atoms with Gasteiger partial charge in [0, 0.05) is 24.2 Å². The number of aromatic nitrogens is 2. The Balaban J connectivity index is 1.55. The van der Waals surface area contributed by atoms with Crippen LogP contribution in [0.25, 0.3) is 11.3 Å². The highest BCUT2D eigenvalue weighted by atomic mass is 32.1. The zero-order valence-electron chi connectivity index (χ0n) is 12.9. The highest BCUT2D eigenvalue weighted by molar-refractivity contribution is 7.14. The second kappa shape index (κ2) is 5.66. The van der Waals surface area contributed by atoms with E-state index in [0.717, 1.165) is 17.7 Å². The van der Waals surface area contributed by atoms with Crippen LogP contribution < -0.4 is 5.32 Å². The molecule has 2 aromatic heterocycles. The van der Waals surface area contributed by atoms with E-state index in [2.05, 4.69) is 28.5 Å². The van der Waals surface area contributed by atoms with E-state index in [0.29, 0.717) is 10.8 Å². The molecule has 3 aromatic rings. The second-order valence-electron chi connectivity index (χ2n) is 5.83. The van der Waals surface area contributed by atoms with Crippen molar-refractivity contribution in [3.63, 3.8) is 0 Å². The number of carbonyl (C=O) groups excluding carboxylic acids is 1. The minimum atomic E-state index is -0.132. The van der Waals surface area contributed by atoms with Gasteiger partial charge in [0.2, 0.25) is 0 Å². The predicted molar refractivity (Wildman–Crippen MR) is 92.9 cm³/mol. The van der Waals surface area contributed by atoms with Gasteiger partial charge in [0.15, 0.2) is 5.13 Å². The molecule has 1 aliphatic carbocycles. The third-order valence-corrected chi connectivity index (χ3v) is 5.05. The third-order valence-electron chi connectivity index (χ3n) is 4.30. The van der Waals surface area contributed by atoms with Crippen LogP contribution in [0.3, 0.4) is 0 Å². The molecule has 0 fully saturated rings. The molecule has 5 heteroatoms. The lowest BCUT2D eigenvalue weighted by atomic mass is 10.1. The number of anilines is 1. The van der Waals surface area contributed by atoms with Crippen LogP contribution in [0, 0.1) is 0 Å². The van der Waals surface area contributed by atoms with Crippen molar-refractivity contribution in [1.82, 2.24) is 9.55 Å². The molecule has 0 saturated carbocycles. The Kier molecular flexibility index (Phi) is 3.50. The first-order valence-corrected chi connectivity index (χ1v) is 8.59. The minimum Gasteiger partial charge on any atom is -0.347 e. The highest BCUT2D eigenvalue weighted by Crippen LogP contribution is 2.30. The Morgan fingerprint density at radius 1 is 1.26 bits per heavy atom. The van der Waals surface area contributed by atoms with Gasteiger partial charge < -0.3 is 4.57 Å². The second-order valence-corrected chi connectivity index (χ2v) is 6.69. The molecule has 1 aliphatic rings. The first-order valence-electron chi connectivity index (χ1n) is 7.71. The Morgan fingerprint density at radius 3 is 2.96 bits per heavy atom. The summed E-state index contributed by atoms with van der Waals surface area (Å²) in [6.07, 6.45) is 5.44. The molecule has 0 aliphatic heterocycles. The SMILES string of the molecule is Cn1cccc1C(=O)Nc1nc(-c2ccc3c(c2)CCC3)cs1. The zero-order valence-corrected chi connectivity index (χ0v) is 13.7. The van der Waals surface area contributed by atoms with Gasteiger partial charge >= 0.3 is 0 Å². The molecule has 23 heavy (non-hydrogen) atoms. The number of hydrogen-bond donors (Lipinski definition) is 1. The number of aryl methyl sites for hydroxylation is 3. The lowest BCUT2D eigenvalue weighted by Gasteiger charge is -2.03. The van der Waals surface area contributed by atoms with Crippen LogP contribution in [-0.2, 0) is 19.9 Å². The molecule has 0 spiro atoms. The van der Waals surface area contributed by atoms with Crippen LogP contribution in [0.2, 0.25) is 0 Å². The van der Waals surface area contributed by atoms with Crippen LogP contribution >= 0.6 is 11.3 Å². The number of nitrogens with zero attached hydrogens (tertiary/aromatic N) is 2. The van der Waals surface area contributed by atoms with Crippen LogP contribution in [0.5, 0.6) is 0 Å². The van der Waals surface area contributed by atoms with Crippen molar-refractivity contribution in [3.05, 3.63) is 58.7 Å². The smallest absolute Gasteiger partial charge is 0.274 e. The summed E-state index contributed by atoms with van der Waals surface area (Å²) in [5.41, 5.74) is 5.57. The van der Waals surface area contributed by atoms with Gasteiger partial charge in [0.1, 0.15) is 5.69 Å². The lowest BCUT2D eigenvalue weighted by molar-refractivity contribution is 0.101. The fraction of sp³-hybridized carbons (Fsp3) is 0.222. The number of fused-ring (bicyclic) bond motifs is 1. The number of carbonyl (C=O) groups is 1. The van der Waals surface area contributed by atoms with E-state index in [-0.39, 0.29) is 5.91 Å². The zero-order chi connectivity index (χ0) is 15.8. The van der Waals surface area contributed by atoms with Crippen molar-refractivity contribution in [1.29, 1.82) is 0 Å². The summed E-state index contributed by atoms with van der Waals surface area (Å²) in [5.74, 6) is -0.132. The van der Waals surface area contributed by atoms with Crippen LogP contribution in [0.1, 0.15) is 28.0 Å². The molecule has 0 unspecified atom stereocenters. The van der Waals surface area contributed by atoms with Gasteiger partial charge in [-0.2, -0.15) is 0 Å². The summed E-state index contributed by atoms with van der Waals surface area (Å²) < 4.78 is 1.80. The molecule has 0 saturated heterocycles. The molecule has 4 nitrogen and oxygen atoms in total. The van der Waals surface area contributed by atoms with Crippen LogP contribution in [-0.4, -0.2) is 15.5 Å². The van der Waals surface area contributed by atoms with E-state index in [1.54, 1.807) is 10.6 Å². The van der Waals surface area contributed by atoms with E-state index in [4.69, 9.17) is 0 Å². The Labute approximate surface area is 138 Å². The molecule has 1 N–H and O–H groups in total. The topological polar surface area (TPSA) is 46.9 Å². The summed E-state index contributed by atoms with van der Waals surface area (Å²) in [6, 6.07) is 10.2. The number of rotatable bonds is 3. The molecule has 0 atom stereocenters. The van der Waals surface area contributed by atoms with E-state index in [9.17, 15) is 4.79 Å². The Hall–Kier alpha value is -2.40. The Bertz CT molecular complexity index is 878. The van der Waals surface area contributed by atoms with Crippen molar-refractivity contribution in [2.24, 2.45) is 7.05 Å². The van der Waals surface area contributed by atoms with Crippen molar-refractivity contribution in [2.45, 2.75) is 19.3 Å². The van der Waals surface area contributed by atoms with Crippen molar-refractivity contribution >= 4 is 22.4 Å². The van der Waals surface area contributed by atoms with E-state index >= 15 is 0 Å². The monoisotopic (exact) mass is 323 g/mol. The molecule has 116 valence electrons. The van der Waals surface area contributed by atoms with Gasteiger partial charge in [-0.25, -0.2) is 4.98 Å². The van der Waals surface area contributed by atoms with Crippen molar-refractivity contribution < 1.29 is 4.79 Å². The van der Waals surface area contributed by atoms with Gasteiger partial charge in [-0.1, -0.05) is 12.1 Å². The molecule has 2 heterocycles. The van der Waals surface area contributed by atoms with Gasteiger partial charge in [0.05, 0.1) is 5.69 Å². The van der Waals surface area contributed by atoms with Gasteiger partial charge in [-0.3, -0.25) is 10.1 Å². The highest BCUT2D eigenvalue weighted by Gasteiger charge is 2.14. The quantitative estimate of drug-likeness (QED) is 0.795. The van der Waals surface area contributed by atoms with E-state index in [1.165, 1.54) is 35.3 Å². The molecule has 1 amide bonds. The number of nitrogens with one attached hydrogen (secondary N) is 1. The number of benzene rings is 1. The molecule has 0 radical (unpaired) electrons. The maximum atomic E-state index is 12.2. The molecule has 4 rings (SSSR count). The maximum absolute atomic E-state index is 12.2. The normalized spacial score (nSPS) is 13.1. The number of amides is 1. The number of thiazole rings is 1. The van der Waals surface area contributed by atoms with Crippen molar-refractivity contribution in [2.75, 3.05) is 5.32 Å². The summed E-state index contributed by atoms with van der Waals surface area (Å²) in [7, 11) is 1.85. The van der Waals surface area contributed by atoms with Crippen molar-refractivity contribution in [3.8, 4) is 11.3 Å². The molecular formula is C18H17N3OS. The molecule has 1 aromatic carbocycles. The molecular weight excluding hydrogens is 306 g/mol. The maximum Gasteiger partial charge on any atom is 0.274 e. The molecule has 0 bridgehead atoms. The number of hydrogen-bond acceptors (Lipinski definition) is 3. The Morgan fingerprint density at radius 2 is 2.13 bits per heavy atom. The summed E-state index contributed by atoms with van der Waals surface area (Å²) in [4.78, 5) is 16.8. The lowest BCUT2D eigenvalue weighted by Crippen LogP contribution is -2.15. The third kappa shape index (κ3) is 2.68. The van der Waals surface area contributed by atoms with E-state index in [1.807, 2.05) is 24.7 Å². The fourth-order valence-corrected chi connectivity index (χ4v) is 3.77. The van der Waals surface area contributed by atoms with Gasteiger partial charge in [-0.05, 0) is 48.6 Å². The summed E-state index contributed by atoms with van der Waals surface area (Å²) in [6.45, 7) is 0. The first-order chi connectivity index (χ1) is 11.2. The average Bonchev–Trinajstić information content (AvgIpc) is 3.26. The van der Waals surface area contributed by atoms with Gasteiger partial charge in [-0.15, -0.1) is 11.3 Å². The summed E-state index contributed by atoms with van der Waals surface area (Å²) in [5, 5.41) is 5.50. The standard InChI is InChI=1S/C18H17N3OS/c1-21-9-3-6-16(21)17(22)20-18-19-15(11-23-18)14-8-7-12-4-2-5-13(12)10-14/h3,6-11H,2,4-5H2,1H3,(H,19,20,22).